The number of hydrogen-bond acceptors (Lipinski definition) is 4. The minimum Gasteiger partial charge on any atom is -0.481 e. The van der Waals surface area contributed by atoms with Gasteiger partial charge in [-0.1, -0.05) is 0 Å². The fourth-order valence-corrected chi connectivity index (χ4v) is 1.28. The molecule has 0 amide bonds. The molecule has 0 rings (SSSR count). The number of hydrogen-bond donors (Lipinski definition) is 2. The second kappa shape index (κ2) is 7.67. The van der Waals surface area contributed by atoms with E-state index in [0.29, 0.717) is 6.42 Å². The summed E-state index contributed by atoms with van der Waals surface area (Å²) in [7, 11) is 1.27. The molecular weight excluding hydrogens is 216 g/mol. The molecule has 6 nitrogen and oxygen atoms in total. The van der Waals surface area contributed by atoms with Gasteiger partial charge < -0.3 is 14.9 Å². The van der Waals surface area contributed by atoms with Crippen LogP contribution < -0.4 is 0 Å². The molecule has 0 aliphatic heterocycles. The van der Waals surface area contributed by atoms with E-state index in [1.54, 1.807) is 0 Å². The summed E-state index contributed by atoms with van der Waals surface area (Å²) in [5, 5.41) is 17.2. The van der Waals surface area contributed by atoms with Crippen molar-refractivity contribution in [3.8, 4) is 0 Å². The SMILES string of the molecule is COC(=O)CCCC(CCC(=O)O)C(=O)O. The number of methoxy groups -OCH3 is 1. The molecule has 0 aliphatic rings. The number of carboxylic acids is 2. The highest BCUT2D eigenvalue weighted by molar-refractivity contribution is 5.72. The van der Waals surface area contributed by atoms with Crippen molar-refractivity contribution in [3.05, 3.63) is 0 Å². The fourth-order valence-electron chi connectivity index (χ4n) is 1.28. The third-order valence-electron chi connectivity index (χ3n) is 2.22. The lowest BCUT2D eigenvalue weighted by atomic mass is 9.97. The summed E-state index contributed by atoms with van der Waals surface area (Å²) in [6.45, 7) is 0. The molecule has 0 radical (unpaired) electrons. The Morgan fingerprint density at radius 3 is 2.19 bits per heavy atom. The van der Waals surface area contributed by atoms with Crippen molar-refractivity contribution < 1.29 is 29.3 Å². The molecule has 2 N–H and O–H groups in total. The van der Waals surface area contributed by atoms with Crippen LogP contribution in [-0.2, 0) is 19.1 Å². The molecule has 92 valence electrons. The van der Waals surface area contributed by atoms with Crippen LogP contribution in [0.25, 0.3) is 0 Å². The molecular formula is C10H16O6. The summed E-state index contributed by atoms with van der Waals surface area (Å²) in [6, 6.07) is 0. The van der Waals surface area contributed by atoms with E-state index in [1.807, 2.05) is 0 Å². The van der Waals surface area contributed by atoms with Gasteiger partial charge in [0.25, 0.3) is 0 Å². The normalized spacial score (nSPS) is 11.8. The number of aliphatic carboxylic acids is 2. The predicted octanol–water partition coefficient (Wildman–Crippen LogP) is 0.895. The zero-order valence-electron chi connectivity index (χ0n) is 9.14. The van der Waals surface area contributed by atoms with E-state index in [2.05, 4.69) is 4.74 Å². The fraction of sp³-hybridized carbons (Fsp3) is 0.700. The van der Waals surface area contributed by atoms with Crippen LogP contribution in [0.15, 0.2) is 0 Å². The lowest BCUT2D eigenvalue weighted by Crippen LogP contribution is -2.16. The highest BCUT2D eigenvalue weighted by Gasteiger charge is 2.18. The zero-order valence-corrected chi connectivity index (χ0v) is 9.14. The maximum Gasteiger partial charge on any atom is 0.306 e. The highest BCUT2D eigenvalue weighted by Crippen LogP contribution is 2.15. The van der Waals surface area contributed by atoms with Gasteiger partial charge in [0.15, 0.2) is 0 Å². The van der Waals surface area contributed by atoms with Crippen molar-refractivity contribution in [2.45, 2.75) is 32.1 Å². The van der Waals surface area contributed by atoms with E-state index >= 15 is 0 Å². The van der Waals surface area contributed by atoms with Gasteiger partial charge >= 0.3 is 17.9 Å². The Balaban J connectivity index is 3.90. The third kappa shape index (κ3) is 6.80. The summed E-state index contributed by atoms with van der Waals surface area (Å²) in [5.74, 6) is -3.13. The number of rotatable bonds is 8. The summed E-state index contributed by atoms with van der Waals surface area (Å²) in [6.07, 6.45) is 0.759. The van der Waals surface area contributed by atoms with Crippen molar-refractivity contribution in [1.82, 2.24) is 0 Å². The lowest BCUT2D eigenvalue weighted by molar-refractivity contribution is -0.145. The van der Waals surface area contributed by atoms with Gasteiger partial charge in [-0.3, -0.25) is 14.4 Å². The van der Waals surface area contributed by atoms with Gasteiger partial charge in [0.1, 0.15) is 0 Å². The molecule has 0 fully saturated rings. The Morgan fingerprint density at radius 2 is 1.75 bits per heavy atom. The molecule has 1 atom stereocenters. The largest absolute Gasteiger partial charge is 0.481 e. The van der Waals surface area contributed by atoms with E-state index in [9.17, 15) is 14.4 Å². The number of carbonyl (C=O) groups excluding carboxylic acids is 1. The number of carbonyl (C=O) groups is 3. The third-order valence-corrected chi connectivity index (χ3v) is 2.22. The van der Waals surface area contributed by atoms with Gasteiger partial charge in [0.05, 0.1) is 13.0 Å². The second-order valence-corrected chi connectivity index (χ2v) is 3.44. The van der Waals surface area contributed by atoms with Crippen LogP contribution in [-0.4, -0.2) is 35.2 Å². The molecule has 0 spiro atoms. The van der Waals surface area contributed by atoms with Gasteiger partial charge in [0, 0.05) is 12.8 Å². The molecule has 0 saturated heterocycles. The van der Waals surface area contributed by atoms with Gasteiger partial charge in [0.2, 0.25) is 0 Å². The monoisotopic (exact) mass is 232 g/mol. The summed E-state index contributed by atoms with van der Waals surface area (Å²) >= 11 is 0. The first-order valence-corrected chi connectivity index (χ1v) is 4.98. The van der Waals surface area contributed by atoms with E-state index in [0.717, 1.165) is 0 Å². The van der Waals surface area contributed by atoms with E-state index in [-0.39, 0.29) is 31.7 Å². The average molecular weight is 232 g/mol. The van der Waals surface area contributed by atoms with Gasteiger partial charge in [-0.25, -0.2) is 0 Å². The predicted molar refractivity (Wildman–Crippen MR) is 53.9 cm³/mol. The van der Waals surface area contributed by atoms with Crippen molar-refractivity contribution in [1.29, 1.82) is 0 Å². The number of esters is 1. The first-order chi connectivity index (χ1) is 7.47. The highest BCUT2D eigenvalue weighted by atomic mass is 16.5. The zero-order chi connectivity index (χ0) is 12.6. The lowest BCUT2D eigenvalue weighted by Gasteiger charge is -2.09. The Kier molecular flexibility index (Phi) is 6.91. The molecule has 0 aromatic carbocycles. The maximum atomic E-state index is 10.8. The molecule has 0 aliphatic carbocycles. The summed E-state index contributed by atoms with van der Waals surface area (Å²) < 4.78 is 4.41. The number of ether oxygens (including phenoxy) is 1. The second-order valence-electron chi connectivity index (χ2n) is 3.44. The van der Waals surface area contributed by atoms with E-state index in [4.69, 9.17) is 10.2 Å². The standard InChI is InChI=1S/C10H16O6/c1-16-9(13)4-2-3-7(10(14)15)5-6-8(11)12/h7H,2-6H2,1H3,(H,11,12)(H,14,15). The molecule has 0 aromatic rings. The van der Waals surface area contributed by atoms with Crippen LogP contribution >= 0.6 is 0 Å². The van der Waals surface area contributed by atoms with Crippen molar-refractivity contribution >= 4 is 17.9 Å². The van der Waals surface area contributed by atoms with Crippen molar-refractivity contribution in [2.75, 3.05) is 7.11 Å². The van der Waals surface area contributed by atoms with E-state index in [1.165, 1.54) is 7.11 Å². The Labute approximate surface area is 93.2 Å². The van der Waals surface area contributed by atoms with Crippen LogP contribution in [0.1, 0.15) is 32.1 Å². The average Bonchev–Trinajstić information content (AvgIpc) is 2.21. The molecule has 0 aromatic heterocycles. The van der Waals surface area contributed by atoms with Crippen LogP contribution in [0.5, 0.6) is 0 Å². The molecule has 1 unspecified atom stereocenters. The molecule has 16 heavy (non-hydrogen) atoms. The summed E-state index contributed by atoms with van der Waals surface area (Å²) in [5.41, 5.74) is 0. The minimum atomic E-state index is -1.02. The van der Waals surface area contributed by atoms with Crippen LogP contribution in [0.2, 0.25) is 0 Å². The smallest absolute Gasteiger partial charge is 0.306 e. The summed E-state index contributed by atoms with van der Waals surface area (Å²) in [4.78, 5) is 31.8. The van der Waals surface area contributed by atoms with E-state index < -0.39 is 17.9 Å². The molecule has 0 bridgehead atoms. The Bertz CT molecular complexity index is 260. The van der Waals surface area contributed by atoms with Gasteiger partial charge in [-0.15, -0.1) is 0 Å². The Hall–Kier alpha value is -1.59. The van der Waals surface area contributed by atoms with Gasteiger partial charge in [-0.05, 0) is 19.3 Å². The van der Waals surface area contributed by atoms with Crippen LogP contribution in [0.4, 0.5) is 0 Å². The van der Waals surface area contributed by atoms with Crippen molar-refractivity contribution in [2.24, 2.45) is 5.92 Å². The first-order valence-electron chi connectivity index (χ1n) is 4.98. The first kappa shape index (κ1) is 14.4. The maximum absolute atomic E-state index is 10.8. The quantitative estimate of drug-likeness (QED) is 0.603. The number of carboxylic acid groups (broad SMARTS) is 2. The molecule has 6 heteroatoms. The van der Waals surface area contributed by atoms with Crippen LogP contribution in [0, 0.1) is 5.92 Å². The topological polar surface area (TPSA) is 101 Å². The molecule has 0 saturated carbocycles. The van der Waals surface area contributed by atoms with Gasteiger partial charge in [-0.2, -0.15) is 0 Å². The minimum absolute atomic E-state index is 0.0891. The van der Waals surface area contributed by atoms with Crippen molar-refractivity contribution in [3.63, 3.8) is 0 Å². The molecule has 0 heterocycles. The Morgan fingerprint density at radius 1 is 1.12 bits per heavy atom. The van der Waals surface area contributed by atoms with Crippen LogP contribution in [0.3, 0.4) is 0 Å².